The minimum atomic E-state index is -0.191. The van der Waals surface area contributed by atoms with E-state index in [-0.39, 0.29) is 5.78 Å². The van der Waals surface area contributed by atoms with Gasteiger partial charge in [0.2, 0.25) is 5.75 Å². The molecule has 1 heterocycles. The molecule has 0 spiro atoms. The Labute approximate surface area is 169 Å². The Hall–Kier alpha value is -3.67. The first-order chi connectivity index (χ1) is 14.1. The summed E-state index contributed by atoms with van der Waals surface area (Å²) in [5.74, 6) is 1.75. The Kier molecular flexibility index (Phi) is 6.24. The minimum absolute atomic E-state index is 0.191. The maximum Gasteiger partial charge on any atom is 0.203 e. The van der Waals surface area contributed by atoms with Gasteiger partial charge < -0.3 is 23.9 Å². The van der Waals surface area contributed by atoms with Gasteiger partial charge in [-0.15, -0.1) is 6.58 Å². The number of methoxy groups -OCH3 is 3. The topological polar surface area (TPSA) is 69.9 Å². The third-order valence-corrected chi connectivity index (χ3v) is 4.43. The van der Waals surface area contributed by atoms with Crippen LogP contribution in [0.2, 0.25) is 0 Å². The van der Waals surface area contributed by atoms with Crippen molar-refractivity contribution in [1.29, 1.82) is 0 Å². The van der Waals surface area contributed by atoms with E-state index in [9.17, 15) is 4.79 Å². The van der Waals surface area contributed by atoms with Crippen LogP contribution in [0.1, 0.15) is 15.9 Å². The number of anilines is 1. The van der Waals surface area contributed by atoms with Crippen molar-refractivity contribution in [3.05, 3.63) is 72.5 Å². The van der Waals surface area contributed by atoms with Crippen molar-refractivity contribution in [3.8, 4) is 28.6 Å². The lowest BCUT2D eigenvalue weighted by molar-refractivity contribution is 0.103. The highest BCUT2D eigenvalue weighted by Gasteiger charge is 2.21. The molecule has 2 aromatic carbocycles. The number of hydrogen-bond donors (Lipinski definition) is 1. The van der Waals surface area contributed by atoms with Crippen LogP contribution in [0.15, 0.2) is 65.8 Å². The molecule has 6 heteroatoms. The number of benzene rings is 2. The lowest BCUT2D eigenvalue weighted by atomic mass is 9.98. The molecule has 0 radical (unpaired) electrons. The first-order valence-corrected chi connectivity index (χ1v) is 9.00. The van der Waals surface area contributed by atoms with Gasteiger partial charge in [-0.05, 0) is 42.5 Å². The van der Waals surface area contributed by atoms with Gasteiger partial charge in [-0.2, -0.15) is 0 Å². The van der Waals surface area contributed by atoms with Crippen LogP contribution in [0.3, 0.4) is 0 Å². The van der Waals surface area contributed by atoms with E-state index in [1.165, 1.54) is 21.3 Å². The molecule has 0 saturated heterocycles. The molecular weight excluding hydrogens is 370 g/mol. The minimum Gasteiger partial charge on any atom is -0.493 e. The van der Waals surface area contributed by atoms with Crippen LogP contribution in [0.4, 0.5) is 5.69 Å². The van der Waals surface area contributed by atoms with Crippen LogP contribution in [0, 0.1) is 0 Å². The van der Waals surface area contributed by atoms with Gasteiger partial charge in [0, 0.05) is 28.9 Å². The summed E-state index contributed by atoms with van der Waals surface area (Å²) < 4.78 is 21.6. The molecule has 0 aliphatic heterocycles. The van der Waals surface area contributed by atoms with Crippen molar-refractivity contribution in [2.24, 2.45) is 0 Å². The predicted octanol–water partition coefficient (Wildman–Crippen LogP) is 4.80. The zero-order valence-electron chi connectivity index (χ0n) is 16.7. The number of ether oxygens (including phenoxy) is 3. The monoisotopic (exact) mass is 393 g/mol. The standard InChI is InChI=1S/C23H23NO5/c1-5-10-24-18-9-8-15(19-7-6-11-29-19)12-17(18)22(25)16-13-20(26-2)23(28-4)21(14-16)27-3/h5-9,11-14,24H,1,10H2,2-4H3. The van der Waals surface area contributed by atoms with Crippen LogP contribution in [-0.2, 0) is 0 Å². The molecule has 6 nitrogen and oxygen atoms in total. The van der Waals surface area contributed by atoms with E-state index < -0.39 is 0 Å². The number of ketones is 1. The molecule has 0 atom stereocenters. The molecule has 0 amide bonds. The van der Waals surface area contributed by atoms with E-state index in [0.717, 1.165) is 5.56 Å². The van der Waals surface area contributed by atoms with E-state index in [2.05, 4.69) is 11.9 Å². The molecule has 0 unspecified atom stereocenters. The van der Waals surface area contributed by atoms with Crippen molar-refractivity contribution in [2.45, 2.75) is 0 Å². The fraction of sp³-hybridized carbons (Fsp3) is 0.174. The largest absolute Gasteiger partial charge is 0.493 e. The van der Waals surface area contributed by atoms with Gasteiger partial charge in [0.05, 0.1) is 27.6 Å². The SMILES string of the molecule is C=CCNc1ccc(-c2ccco2)cc1C(=O)c1cc(OC)c(OC)c(OC)c1. The summed E-state index contributed by atoms with van der Waals surface area (Å²) in [6.07, 6.45) is 3.33. The Morgan fingerprint density at radius 1 is 1.07 bits per heavy atom. The number of nitrogens with one attached hydrogen (secondary N) is 1. The second kappa shape index (κ2) is 9.01. The Balaban J connectivity index is 2.11. The Morgan fingerprint density at radius 2 is 1.79 bits per heavy atom. The normalized spacial score (nSPS) is 10.3. The number of carbonyl (C=O) groups is 1. The summed E-state index contributed by atoms with van der Waals surface area (Å²) in [6, 6.07) is 12.5. The van der Waals surface area contributed by atoms with Gasteiger partial charge in [-0.3, -0.25) is 4.79 Å². The van der Waals surface area contributed by atoms with Gasteiger partial charge in [0.1, 0.15) is 5.76 Å². The van der Waals surface area contributed by atoms with Crippen LogP contribution in [-0.4, -0.2) is 33.7 Å². The predicted molar refractivity (Wildman–Crippen MR) is 112 cm³/mol. The molecule has 150 valence electrons. The molecule has 1 N–H and O–H groups in total. The lowest BCUT2D eigenvalue weighted by Gasteiger charge is -2.15. The fourth-order valence-electron chi connectivity index (χ4n) is 3.03. The maximum absolute atomic E-state index is 13.4. The average molecular weight is 393 g/mol. The van der Waals surface area contributed by atoms with E-state index in [0.29, 0.717) is 46.4 Å². The van der Waals surface area contributed by atoms with E-state index in [4.69, 9.17) is 18.6 Å². The highest BCUT2D eigenvalue weighted by atomic mass is 16.5. The van der Waals surface area contributed by atoms with E-state index in [1.807, 2.05) is 18.2 Å². The second-order valence-corrected chi connectivity index (χ2v) is 6.15. The fourth-order valence-corrected chi connectivity index (χ4v) is 3.03. The van der Waals surface area contributed by atoms with Crippen LogP contribution < -0.4 is 19.5 Å². The zero-order chi connectivity index (χ0) is 20.8. The summed E-state index contributed by atoms with van der Waals surface area (Å²) in [4.78, 5) is 13.4. The molecule has 29 heavy (non-hydrogen) atoms. The molecule has 0 aliphatic rings. The van der Waals surface area contributed by atoms with Gasteiger partial charge in [-0.25, -0.2) is 0 Å². The highest BCUT2D eigenvalue weighted by Crippen LogP contribution is 2.39. The Bertz CT molecular complexity index is 983. The first kappa shape index (κ1) is 20.1. The summed E-state index contributed by atoms with van der Waals surface area (Å²) >= 11 is 0. The third kappa shape index (κ3) is 4.11. The number of hydrogen-bond acceptors (Lipinski definition) is 6. The van der Waals surface area contributed by atoms with Gasteiger partial charge in [0.25, 0.3) is 0 Å². The molecule has 0 saturated carbocycles. The van der Waals surface area contributed by atoms with E-state index in [1.54, 1.807) is 36.6 Å². The molecule has 0 fully saturated rings. The van der Waals surface area contributed by atoms with Crippen molar-refractivity contribution in [1.82, 2.24) is 0 Å². The molecule has 3 rings (SSSR count). The smallest absolute Gasteiger partial charge is 0.203 e. The number of rotatable bonds is 9. The first-order valence-electron chi connectivity index (χ1n) is 9.00. The van der Waals surface area contributed by atoms with Gasteiger partial charge >= 0.3 is 0 Å². The highest BCUT2D eigenvalue weighted by molar-refractivity contribution is 6.13. The second-order valence-electron chi connectivity index (χ2n) is 6.15. The van der Waals surface area contributed by atoms with Crippen molar-refractivity contribution < 1.29 is 23.4 Å². The molecule has 0 aliphatic carbocycles. The molecule has 0 bridgehead atoms. The molecule has 1 aromatic heterocycles. The van der Waals surface area contributed by atoms with Gasteiger partial charge in [-0.1, -0.05) is 6.08 Å². The summed E-state index contributed by atoms with van der Waals surface area (Å²) in [5, 5.41) is 3.21. The van der Waals surface area contributed by atoms with Crippen molar-refractivity contribution in [3.63, 3.8) is 0 Å². The zero-order valence-corrected chi connectivity index (χ0v) is 16.7. The number of carbonyl (C=O) groups excluding carboxylic acids is 1. The van der Waals surface area contributed by atoms with Crippen molar-refractivity contribution >= 4 is 11.5 Å². The van der Waals surface area contributed by atoms with Crippen LogP contribution in [0.25, 0.3) is 11.3 Å². The van der Waals surface area contributed by atoms with E-state index >= 15 is 0 Å². The third-order valence-electron chi connectivity index (χ3n) is 4.43. The molecule has 3 aromatic rings. The summed E-state index contributed by atoms with van der Waals surface area (Å²) in [6.45, 7) is 4.25. The summed E-state index contributed by atoms with van der Waals surface area (Å²) in [7, 11) is 4.55. The molecular formula is C23H23NO5. The number of furan rings is 1. The van der Waals surface area contributed by atoms with Crippen molar-refractivity contribution in [2.75, 3.05) is 33.2 Å². The lowest BCUT2D eigenvalue weighted by Crippen LogP contribution is -2.09. The van der Waals surface area contributed by atoms with Gasteiger partial charge in [0.15, 0.2) is 17.3 Å². The maximum atomic E-state index is 13.4. The average Bonchev–Trinajstić information content (AvgIpc) is 3.30. The Morgan fingerprint density at radius 3 is 2.34 bits per heavy atom. The summed E-state index contributed by atoms with van der Waals surface area (Å²) in [5.41, 5.74) is 2.40. The quantitative estimate of drug-likeness (QED) is 0.416. The van der Waals surface area contributed by atoms with Crippen LogP contribution >= 0.6 is 0 Å². The van der Waals surface area contributed by atoms with Crippen LogP contribution in [0.5, 0.6) is 17.2 Å².